The molecular weight excluding hydrogens is 298 g/mol. The van der Waals surface area contributed by atoms with Crippen LogP contribution in [0.4, 0.5) is 9.93 Å². The van der Waals surface area contributed by atoms with E-state index in [0.717, 1.165) is 16.1 Å². The number of aryl methyl sites for hydroxylation is 2. The summed E-state index contributed by atoms with van der Waals surface area (Å²) in [5.41, 5.74) is 1.96. The largest absolute Gasteiger partial charge is 0.396 e. The number of urea groups is 1. The minimum atomic E-state index is -0.277. The normalized spacial score (nSPS) is 12.0. The number of nitrogens with one attached hydrogen (secondary N) is 2. The Morgan fingerprint density at radius 1 is 1.32 bits per heavy atom. The second kappa shape index (κ2) is 7.91. The summed E-state index contributed by atoms with van der Waals surface area (Å²) < 4.78 is 0. The van der Waals surface area contributed by atoms with Crippen molar-refractivity contribution >= 4 is 22.5 Å². The van der Waals surface area contributed by atoms with Gasteiger partial charge in [-0.05, 0) is 32.3 Å². The van der Waals surface area contributed by atoms with Gasteiger partial charge in [0.2, 0.25) is 0 Å². The van der Waals surface area contributed by atoms with Gasteiger partial charge in [-0.1, -0.05) is 30.3 Å². The third-order valence-electron chi connectivity index (χ3n) is 3.41. The molecule has 0 aliphatic heterocycles. The molecule has 5 nitrogen and oxygen atoms in total. The van der Waals surface area contributed by atoms with E-state index < -0.39 is 0 Å². The predicted molar refractivity (Wildman–Crippen MR) is 89.2 cm³/mol. The number of aromatic nitrogens is 1. The second-order valence-corrected chi connectivity index (χ2v) is 6.29. The lowest BCUT2D eigenvalue weighted by molar-refractivity contribution is 0.244. The first-order chi connectivity index (χ1) is 10.6. The Balaban J connectivity index is 2.01. The van der Waals surface area contributed by atoms with Crippen LogP contribution in [0, 0.1) is 13.8 Å². The number of aliphatic hydroxyl groups excluding tert-OH is 1. The molecule has 1 heterocycles. The van der Waals surface area contributed by atoms with Crippen LogP contribution in [0.1, 0.15) is 35.0 Å². The monoisotopic (exact) mass is 319 g/mol. The third-order valence-corrected chi connectivity index (χ3v) is 4.40. The zero-order chi connectivity index (χ0) is 15.9. The number of anilines is 1. The molecule has 0 saturated heterocycles. The molecule has 1 atom stereocenters. The van der Waals surface area contributed by atoms with Gasteiger partial charge in [-0.25, -0.2) is 9.78 Å². The standard InChI is InChI=1S/C16H21N3O2S/c1-11-12(2)22-16(17-11)19-15(21)18-14(9-6-10-20)13-7-4-3-5-8-13/h3-5,7-8,14,20H,6,9-10H2,1-2H3,(H2,17,18,19,21). The van der Waals surface area contributed by atoms with Crippen molar-refractivity contribution in [2.45, 2.75) is 32.7 Å². The summed E-state index contributed by atoms with van der Waals surface area (Å²) in [6.45, 7) is 4.00. The molecule has 2 rings (SSSR count). The van der Waals surface area contributed by atoms with E-state index in [9.17, 15) is 4.79 Å². The molecule has 6 heteroatoms. The number of carbonyl (C=O) groups is 1. The number of benzene rings is 1. The lowest BCUT2D eigenvalue weighted by Crippen LogP contribution is -2.32. The maximum absolute atomic E-state index is 12.2. The molecule has 118 valence electrons. The molecule has 0 aliphatic rings. The Kier molecular flexibility index (Phi) is 5.91. The van der Waals surface area contributed by atoms with Crippen LogP contribution in [-0.4, -0.2) is 22.7 Å². The smallest absolute Gasteiger partial charge is 0.321 e. The van der Waals surface area contributed by atoms with E-state index in [1.54, 1.807) is 0 Å². The summed E-state index contributed by atoms with van der Waals surface area (Å²) in [6, 6.07) is 9.35. The van der Waals surface area contributed by atoms with Gasteiger partial charge in [-0.3, -0.25) is 5.32 Å². The molecular formula is C16H21N3O2S. The SMILES string of the molecule is Cc1nc(NC(=O)NC(CCCO)c2ccccc2)sc1C. The highest BCUT2D eigenvalue weighted by atomic mass is 32.1. The van der Waals surface area contributed by atoms with Crippen LogP contribution < -0.4 is 10.6 Å². The number of hydrogen-bond donors (Lipinski definition) is 3. The Morgan fingerprint density at radius 2 is 2.05 bits per heavy atom. The molecule has 0 radical (unpaired) electrons. The van der Waals surface area contributed by atoms with Gasteiger partial charge in [0.15, 0.2) is 5.13 Å². The minimum absolute atomic E-state index is 0.109. The van der Waals surface area contributed by atoms with Crippen molar-refractivity contribution in [2.24, 2.45) is 0 Å². The van der Waals surface area contributed by atoms with E-state index >= 15 is 0 Å². The number of nitrogens with zero attached hydrogens (tertiary/aromatic N) is 1. The van der Waals surface area contributed by atoms with Crippen molar-refractivity contribution in [2.75, 3.05) is 11.9 Å². The molecule has 1 unspecified atom stereocenters. The van der Waals surface area contributed by atoms with Crippen molar-refractivity contribution in [3.05, 3.63) is 46.5 Å². The maximum Gasteiger partial charge on any atom is 0.321 e. The highest BCUT2D eigenvalue weighted by Gasteiger charge is 2.15. The zero-order valence-corrected chi connectivity index (χ0v) is 13.6. The van der Waals surface area contributed by atoms with Crippen LogP contribution in [0.3, 0.4) is 0 Å². The molecule has 1 aromatic carbocycles. The molecule has 0 fully saturated rings. The molecule has 0 bridgehead atoms. The fraction of sp³-hybridized carbons (Fsp3) is 0.375. The highest BCUT2D eigenvalue weighted by Crippen LogP contribution is 2.22. The van der Waals surface area contributed by atoms with Crippen molar-refractivity contribution in [1.29, 1.82) is 0 Å². The number of rotatable bonds is 6. The van der Waals surface area contributed by atoms with Gasteiger partial charge < -0.3 is 10.4 Å². The summed E-state index contributed by atoms with van der Waals surface area (Å²) in [4.78, 5) is 17.6. The van der Waals surface area contributed by atoms with E-state index in [1.165, 1.54) is 11.3 Å². The van der Waals surface area contributed by atoms with Gasteiger partial charge in [-0.15, -0.1) is 11.3 Å². The molecule has 2 amide bonds. The first kappa shape index (κ1) is 16.5. The second-order valence-electron chi connectivity index (χ2n) is 5.09. The number of hydrogen-bond acceptors (Lipinski definition) is 4. The van der Waals surface area contributed by atoms with Crippen LogP contribution in [0.15, 0.2) is 30.3 Å². The Hall–Kier alpha value is -1.92. The van der Waals surface area contributed by atoms with Gasteiger partial charge in [0, 0.05) is 11.5 Å². The Bertz CT molecular complexity index is 594. The van der Waals surface area contributed by atoms with E-state index in [-0.39, 0.29) is 18.7 Å². The van der Waals surface area contributed by atoms with Gasteiger partial charge >= 0.3 is 6.03 Å². The van der Waals surface area contributed by atoms with E-state index in [1.807, 2.05) is 44.2 Å². The Morgan fingerprint density at radius 3 is 2.64 bits per heavy atom. The first-order valence-electron chi connectivity index (χ1n) is 7.27. The molecule has 22 heavy (non-hydrogen) atoms. The average molecular weight is 319 g/mol. The van der Waals surface area contributed by atoms with Gasteiger partial charge in [0.05, 0.1) is 11.7 Å². The molecule has 2 aromatic rings. The summed E-state index contributed by atoms with van der Waals surface area (Å²) in [5, 5.41) is 15.4. The fourth-order valence-electron chi connectivity index (χ4n) is 2.12. The summed E-state index contributed by atoms with van der Waals surface area (Å²) in [6.07, 6.45) is 1.32. The van der Waals surface area contributed by atoms with Crippen molar-refractivity contribution in [3.63, 3.8) is 0 Å². The first-order valence-corrected chi connectivity index (χ1v) is 8.09. The topological polar surface area (TPSA) is 74.2 Å². The summed E-state index contributed by atoms with van der Waals surface area (Å²) >= 11 is 1.46. The lowest BCUT2D eigenvalue weighted by atomic mass is 10.0. The highest BCUT2D eigenvalue weighted by molar-refractivity contribution is 7.15. The molecule has 3 N–H and O–H groups in total. The molecule has 0 aliphatic carbocycles. The van der Waals surface area contributed by atoms with Crippen LogP contribution in [0.5, 0.6) is 0 Å². The van der Waals surface area contributed by atoms with Crippen LogP contribution in [0.25, 0.3) is 0 Å². The summed E-state index contributed by atoms with van der Waals surface area (Å²) in [5.74, 6) is 0. The lowest BCUT2D eigenvalue weighted by Gasteiger charge is -2.18. The third kappa shape index (κ3) is 4.54. The number of amides is 2. The van der Waals surface area contributed by atoms with Crippen LogP contribution in [0.2, 0.25) is 0 Å². The van der Waals surface area contributed by atoms with Gasteiger partial charge in [0.1, 0.15) is 0 Å². The zero-order valence-electron chi connectivity index (χ0n) is 12.8. The van der Waals surface area contributed by atoms with Crippen molar-refractivity contribution < 1.29 is 9.90 Å². The summed E-state index contributed by atoms with van der Waals surface area (Å²) in [7, 11) is 0. The van der Waals surface area contributed by atoms with E-state index in [0.29, 0.717) is 18.0 Å². The molecule has 1 aromatic heterocycles. The van der Waals surface area contributed by atoms with Crippen LogP contribution in [-0.2, 0) is 0 Å². The van der Waals surface area contributed by atoms with Crippen molar-refractivity contribution in [3.8, 4) is 0 Å². The fourth-order valence-corrected chi connectivity index (χ4v) is 2.93. The number of aliphatic hydroxyl groups is 1. The maximum atomic E-state index is 12.2. The number of thiazole rings is 1. The van der Waals surface area contributed by atoms with Gasteiger partial charge in [0.25, 0.3) is 0 Å². The molecule has 0 saturated carbocycles. The van der Waals surface area contributed by atoms with E-state index in [4.69, 9.17) is 5.11 Å². The van der Waals surface area contributed by atoms with Gasteiger partial charge in [-0.2, -0.15) is 0 Å². The predicted octanol–water partition coefficient (Wildman–Crippen LogP) is 3.40. The quantitative estimate of drug-likeness (QED) is 0.764. The average Bonchev–Trinajstić information content (AvgIpc) is 2.82. The minimum Gasteiger partial charge on any atom is -0.396 e. The number of carbonyl (C=O) groups excluding carboxylic acids is 1. The van der Waals surface area contributed by atoms with Crippen molar-refractivity contribution in [1.82, 2.24) is 10.3 Å². The van der Waals surface area contributed by atoms with E-state index in [2.05, 4.69) is 15.6 Å². The Labute approximate surface area is 134 Å². The van der Waals surface area contributed by atoms with Crippen LogP contribution >= 0.6 is 11.3 Å². The molecule has 0 spiro atoms.